The molecule has 6 nitrogen and oxygen atoms in total. The first-order chi connectivity index (χ1) is 15.8. The number of aryl methyl sites for hydroxylation is 1. The Morgan fingerprint density at radius 2 is 1.64 bits per heavy atom. The van der Waals surface area contributed by atoms with Crippen LogP contribution in [-0.2, 0) is 23.1 Å². The molecule has 0 radical (unpaired) electrons. The van der Waals surface area contributed by atoms with Gasteiger partial charge in [0, 0.05) is 29.7 Å². The van der Waals surface area contributed by atoms with Crippen molar-refractivity contribution >= 4 is 32.5 Å². The van der Waals surface area contributed by atoms with Gasteiger partial charge in [0.05, 0.1) is 17.5 Å². The van der Waals surface area contributed by atoms with Crippen LogP contribution < -0.4 is 10.3 Å². The summed E-state index contributed by atoms with van der Waals surface area (Å²) in [5.41, 5.74) is 2.51. The maximum absolute atomic E-state index is 13.5. The van der Waals surface area contributed by atoms with Crippen molar-refractivity contribution in [1.82, 2.24) is 9.29 Å². The van der Waals surface area contributed by atoms with Crippen molar-refractivity contribution in [3.05, 3.63) is 105 Å². The van der Waals surface area contributed by atoms with Gasteiger partial charge in [-0.25, -0.2) is 8.42 Å². The van der Waals surface area contributed by atoms with Gasteiger partial charge < -0.3 is 9.72 Å². The number of nitrogens with zero attached hydrogens (tertiary/aromatic N) is 1. The predicted molar refractivity (Wildman–Crippen MR) is 130 cm³/mol. The van der Waals surface area contributed by atoms with Gasteiger partial charge in [-0.1, -0.05) is 41.4 Å². The third-order valence-corrected chi connectivity index (χ3v) is 7.47. The number of aromatic nitrogens is 1. The van der Waals surface area contributed by atoms with Crippen LogP contribution in [0.4, 0.5) is 0 Å². The molecule has 0 saturated heterocycles. The van der Waals surface area contributed by atoms with E-state index < -0.39 is 10.0 Å². The van der Waals surface area contributed by atoms with Crippen molar-refractivity contribution in [2.75, 3.05) is 7.11 Å². The molecule has 1 N–H and O–H groups in total. The summed E-state index contributed by atoms with van der Waals surface area (Å²) in [6, 6.07) is 20.7. The van der Waals surface area contributed by atoms with E-state index in [0.29, 0.717) is 21.9 Å². The summed E-state index contributed by atoms with van der Waals surface area (Å²) in [5, 5.41) is 1.23. The van der Waals surface area contributed by atoms with Gasteiger partial charge in [0.2, 0.25) is 10.0 Å². The van der Waals surface area contributed by atoms with Crippen LogP contribution in [-0.4, -0.2) is 24.8 Å². The molecule has 1 heterocycles. The molecule has 4 rings (SSSR count). The summed E-state index contributed by atoms with van der Waals surface area (Å²) >= 11 is 5.95. The molecule has 3 aromatic carbocycles. The largest absolute Gasteiger partial charge is 0.497 e. The fourth-order valence-corrected chi connectivity index (χ4v) is 5.07. The minimum absolute atomic E-state index is 0.0872. The summed E-state index contributed by atoms with van der Waals surface area (Å²) in [6.45, 7) is 2.00. The SMILES string of the molecule is COc1ccc2cc(CN(Cc3ccc(C)cc3)S(=O)(=O)c3ccc(Cl)cc3)c(=O)[nH]c2c1. The molecule has 0 atom stereocenters. The van der Waals surface area contributed by atoms with E-state index in [1.807, 2.05) is 37.3 Å². The number of benzene rings is 3. The van der Waals surface area contributed by atoms with Crippen LogP contribution in [0, 0.1) is 6.92 Å². The van der Waals surface area contributed by atoms with Crippen molar-refractivity contribution in [3.8, 4) is 5.75 Å². The molecule has 8 heteroatoms. The molecule has 0 fully saturated rings. The second-order valence-electron chi connectivity index (χ2n) is 7.79. The van der Waals surface area contributed by atoms with E-state index in [1.165, 1.54) is 28.6 Å². The highest BCUT2D eigenvalue weighted by molar-refractivity contribution is 7.89. The lowest BCUT2D eigenvalue weighted by molar-refractivity contribution is 0.400. The third-order valence-electron chi connectivity index (χ3n) is 5.41. The fourth-order valence-electron chi connectivity index (χ4n) is 3.54. The molecule has 0 unspecified atom stereocenters. The van der Waals surface area contributed by atoms with Gasteiger partial charge in [-0.15, -0.1) is 0 Å². The Hall–Kier alpha value is -3.13. The Kier molecular flexibility index (Phi) is 6.56. The van der Waals surface area contributed by atoms with Crippen LogP contribution in [0.25, 0.3) is 10.9 Å². The molecule has 33 heavy (non-hydrogen) atoms. The molecular formula is C25H23ClN2O4S. The average Bonchev–Trinajstić information content (AvgIpc) is 2.80. The molecule has 170 valence electrons. The van der Waals surface area contributed by atoms with Gasteiger partial charge in [-0.3, -0.25) is 4.79 Å². The lowest BCUT2D eigenvalue weighted by Crippen LogP contribution is -2.32. The summed E-state index contributed by atoms with van der Waals surface area (Å²) in [5.74, 6) is 0.622. The highest BCUT2D eigenvalue weighted by atomic mass is 35.5. The van der Waals surface area contributed by atoms with E-state index in [4.69, 9.17) is 16.3 Å². The van der Waals surface area contributed by atoms with Gasteiger partial charge in [-0.05, 0) is 60.3 Å². The van der Waals surface area contributed by atoms with Crippen molar-refractivity contribution in [2.24, 2.45) is 0 Å². The molecule has 0 aliphatic heterocycles. The van der Waals surface area contributed by atoms with E-state index in [1.54, 1.807) is 25.3 Å². The summed E-state index contributed by atoms with van der Waals surface area (Å²) in [7, 11) is -2.35. The van der Waals surface area contributed by atoms with Gasteiger partial charge in [0.25, 0.3) is 5.56 Å². The lowest BCUT2D eigenvalue weighted by atomic mass is 10.1. The Morgan fingerprint density at radius 3 is 2.30 bits per heavy atom. The van der Waals surface area contributed by atoms with Crippen LogP contribution in [0.1, 0.15) is 16.7 Å². The number of fused-ring (bicyclic) bond motifs is 1. The van der Waals surface area contributed by atoms with Crippen LogP contribution in [0.15, 0.2) is 82.5 Å². The number of methoxy groups -OCH3 is 1. The quantitative estimate of drug-likeness (QED) is 0.406. The van der Waals surface area contributed by atoms with Crippen molar-refractivity contribution in [1.29, 1.82) is 0 Å². The second-order valence-corrected chi connectivity index (χ2v) is 10.2. The zero-order chi connectivity index (χ0) is 23.6. The van der Waals surface area contributed by atoms with E-state index in [0.717, 1.165) is 16.5 Å². The number of pyridine rings is 1. The number of rotatable bonds is 7. The molecule has 4 aromatic rings. The Labute approximate surface area is 197 Å². The van der Waals surface area contributed by atoms with Crippen molar-refractivity contribution in [2.45, 2.75) is 24.9 Å². The molecule has 0 spiro atoms. The monoisotopic (exact) mass is 482 g/mol. The molecule has 0 saturated carbocycles. The van der Waals surface area contributed by atoms with E-state index in [9.17, 15) is 13.2 Å². The molecule has 1 aromatic heterocycles. The summed E-state index contributed by atoms with van der Waals surface area (Å²) in [4.78, 5) is 15.8. The molecule has 0 aliphatic rings. The normalized spacial score (nSPS) is 11.8. The van der Waals surface area contributed by atoms with E-state index >= 15 is 0 Å². The zero-order valence-electron chi connectivity index (χ0n) is 18.2. The predicted octanol–water partition coefficient (Wildman–Crippen LogP) is 4.89. The first-order valence-electron chi connectivity index (χ1n) is 10.3. The van der Waals surface area contributed by atoms with Crippen LogP contribution in [0.3, 0.4) is 0 Å². The van der Waals surface area contributed by atoms with Gasteiger partial charge >= 0.3 is 0 Å². The van der Waals surface area contributed by atoms with Crippen molar-refractivity contribution in [3.63, 3.8) is 0 Å². The fraction of sp³-hybridized carbons (Fsp3) is 0.160. The number of ether oxygens (including phenoxy) is 1. The number of H-pyrrole nitrogens is 1. The number of nitrogens with one attached hydrogen (secondary N) is 1. The molecular weight excluding hydrogens is 460 g/mol. The molecule has 0 aliphatic carbocycles. The van der Waals surface area contributed by atoms with Crippen LogP contribution >= 0.6 is 11.6 Å². The highest BCUT2D eigenvalue weighted by Gasteiger charge is 2.26. The number of hydrogen-bond acceptors (Lipinski definition) is 4. The van der Waals surface area contributed by atoms with Gasteiger partial charge in [-0.2, -0.15) is 4.31 Å². The average molecular weight is 483 g/mol. The zero-order valence-corrected chi connectivity index (χ0v) is 19.8. The number of hydrogen-bond donors (Lipinski definition) is 1. The van der Waals surface area contributed by atoms with Gasteiger partial charge in [0.15, 0.2) is 0 Å². The minimum Gasteiger partial charge on any atom is -0.497 e. The smallest absolute Gasteiger partial charge is 0.252 e. The standard InChI is InChI=1S/C25H23ClN2O4S/c1-17-3-5-18(6-4-17)15-28(33(30,31)23-11-8-21(26)9-12-23)16-20-13-19-7-10-22(32-2)14-24(19)27-25(20)29/h3-14H,15-16H2,1-2H3,(H,27,29). The minimum atomic E-state index is -3.90. The van der Waals surface area contributed by atoms with E-state index in [-0.39, 0.29) is 23.5 Å². The van der Waals surface area contributed by atoms with Crippen LogP contribution in [0.2, 0.25) is 5.02 Å². The second kappa shape index (κ2) is 9.39. The van der Waals surface area contributed by atoms with E-state index in [2.05, 4.69) is 4.98 Å². The maximum Gasteiger partial charge on any atom is 0.252 e. The number of aromatic amines is 1. The Morgan fingerprint density at radius 1 is 0.939 bits per heavy atom. The number of halogens is 1. The lowest BCUT2D eigenvalue weighted by Gasteiger charge is -2.22. The first kappa shape index (κ1) is 23.0. The topological polar surface area (TPSA) is 79.5 Å². The van der Waals surface area contributed by atoms with Crippen molar-refractivity contribution < 1.29 is 13.2 Å². The van der Waals surface area contributed by atoms with Crippen LogP contribution in [0.5, 0.6) is 5.75 Å². The Bertz CT molecular complexity index is 1450. The summed E-state index contributed by atoms with van der Waals surface area (Å²) < 4.78 is 33.6. The molecule has 0 amide bonds. The Balaban J connectivity index is 1.76. The number of sulfonamides is 1. The first-order valence-corrected chi connectivity index (χ1v) is 12.1. The summed E-state index contributed by atoms with van der Waals surface area (Å²) in [6.07, 6.45) is 0. The maximum atomic E-state index is 13.5. The molecule has 0 bridgehead atoms. The highest BCUT2D eigenvalue weighted by Crippen LogP contribution is 2.24. The third kappa shape index (κ3) is 5.11. The van der Waals surface area contributed by atoms with Gasteiger partial charge in [0.1, 0.15) is 5.75 Å².